The van der Waals surface area contributed by atoms with Crippen LogP contribution in [0.4, 0.5) is 5.69 Å². The Morgan fingerprint density at radius 3 is 2.55 bits per heavy atom. The standard InChI is InChI=1S/C15H15NO3S/c1-8-12(17)14(19-3)13(18-2)11-15(8)20-10-7-5-4-6-9(10)16-11/h4-8,16H,1-3H3. The van der Waals surface area contributed by atoms with E-state index in [1.54, 1.807) is 18.9 Å². The van der Waals surface area contributed by atoms with Crippen LogP contribution in [-0.4, -0.2) is 20.0 Å². The summed E-state index contributed by atoms with van der Waals surface area (Å²) < 4.78 is 10.6. The van der Waals surface area contributed by atoms with Gasteiger partial charge in [0, 0.05) is 9.80 Å². The van der Waals surface area contributed by atoms with Crippen molar-refractivity contribution in [2.24, 2.45) is 5.92 Å². The maximum absolute atomic E-state index is 12.4. The van der Waals surface area contributed by atoms with Gasteiger partial charge in [-0.05, 0) is 12.1 Å². The van der Waals surface area contributed by atoms with E-state index in [4.69, 9.17) is 9.47 Å². The van der Waals surface area contributed by atoms with Gasteiger partial charge in [0.05, 0.1) is 31.5 Å². The van der Waals surface area contributed by atoms with Gasteiger partial charge in [0.25, 0.3) is 0 Å². The van der Waals surface area contributed by atoms with Gasteiger partial charge in [-0.3, -0.25) is 4.79 Å². The molecular weight excluding hydrogens is 274 g/mol. The number of fused-ring (bicyclic) bond motifs is 1. The third kappa shape index (κ3) is 1.81. The van der Waals surface area contributed by atoms with Crippen LogP contribution in [-0.2, 0) is 14.3 Å². The summed E-state index contributed by atoms with van der Waals surface area (Å²) in [5.74, 6) is 0.486. The third-order valence-electron chi connectivity index (χ3n) is 3.46. The van der Waals surface area contributed by atoms with Gasteiger partial charge in [0.2, 0.25) is 11.5 Å². The molecular formula is C15H15NO3S. The van der Waals surface area contributed by atoms with Crippen molar-refractivity contribution in [2.75, 3.05) is 19.5 Å². The molecule has 5 heteroatoms. The number of carbonyl (C=O) groups excluding carboxylic acids is 1. The van der Waals surface area contributed by atoms with Crippen LogP contribution >= 0.6 is 11.8 Å². The van der Waals surface area contributed by atoms with Crippen LogP contribution in [0.15, 0.2) is 51.3 Å². The van der Waals surface area contributed by atoms with Gasteiger partial charge >= 0.3 is 0 Å². The highest BCUT2D eigenvalue weighted by Gasteiger charge is 2.38. The molecule has 0 spiro atoms. The van der Waals surface area contributed by atoms with E-state index in [-0.39, 0.29) is 17.5 Å². The Hall–Kier alpha value is -1.88. The zero-order chi connectivity index (χ0) is 14.3. The second-order valence-electron chi connectivity index (χ2n) is 4.61. The minimum Gasteiger partial charge on any atom is -0.491 e. The normalized spacial score (nSPS) is 21.1. The number of methoxy groups -OCH3 is 2. The van der Waals surface area contributed by atoms with Crippen molar-refractivity contribution in [1.29, 1.82) is 0 Å². The number of para-hydroxylation sites is 1. The summed E-state index contributed by atoms with van der Waals surface area (Å²) in [5.41, 5.74) is 1.85. The average molecular weight is 289 g/mol. The topological polar surface area (TPSA) is 47.6 Å². The van der Waals surface area contributed by atoms with Crippen LogP contribution in [0.25, 0.3) is 0 Å². The zero-order valence-corrected chi connectivity index (χ0v) is 12.3. The molecule has 0 amide bonds. The Kier molecular flexibility index (Phi) is 3.22. The van der Waals surface area contributed by atoms with Gasteiger partial charge in [-0.25, -0.2) is 0 Å². The number of anilines is 1. The molecule has 1 heterocycles. The first-order valence-electron chi connectivity index (χ1n) is 6.32. The summed E-state index contributed by atoms with van der Waals surface area (Å²) >= 11 is 1.61. The minimum absolute atomic E-state index is 0.0446. The fourth-order valence-corrected chi connectivity index (χ4v) is 3.57. The fourth-order valence-electron chi connectivity index (χ4n) is 2.43. The average Bonchev–Trinajstić information content (AvgIpc) is 2.49. The zero-order valence-electron chi connectivity index (χ0n) is 11.5. The van der Waals surface area contributed by atoms with E-state index in [1.165, 1.54) is 7.11 Å². The Morgan fingerprint density at radius 2 is 1.85 bits per heavy atom. The number of ether oxygens (including phenoxy) is 2. The van der Waals surface area contributed by atoms with Crippen molar-refractivity contribution >= 4 is 23.2 Å². The molecule has 0 saturated heterocycles. The predicted molar refractivity (Wildman–Crippen MR) is 78.2 cm³/mol. The number of carbonyl (C=O) groups is 1. The highest BCUT2D eigenvalue weighted by atomic mass is 32.2. The number of benzene rings is 1. The lowest BCUT2D eigenvalue weighted by molar-refractivity contribution is -0.121. The Bertz CT molecular complexity index is 648. The lowest BCUT2D eigenvalue weighted by Crippen LogP contribution is -2.28. The van der Waals surface area contributed by atoms with Crippen molar-refractivity contribution in [1.82, 2.24) is 0 Å². The van der Waals surface area contributed by atoms with E-state index in [2.05, 4.69) is 5.32 Å². The first-order chi connectivity index (χ1) is 9.67. The van der Waals surface area contributed by atoms with Crippen LogP contribution in [0.2, 0.25) is 0 Å². The molecule has 1 aromatic rings. The van der Waals surface area contributed by atoms with E-state index in [9.17, 15) is 4.79 Å². The van der Waals surface area contributed by atoms with E-state index in [0.29, 0.717) is 5.76 Å². The first-order valence-corrected chi connectivity index (χ1v) is 7.14. The molecule has 2 aliphatic rings. The largest absolute Gasteiger partial charge is 0.491 e. The Morgan fingerprint density at radius 1 is 1.15 bits per heavy atom. The Balaban J connectivity index is 2.14. The molecule has 104 valence electrons. The van der Waals surface area contributed by atoms with Crippen molar-refractivity contribution < 1.29 is 14.3 Å². The molecule has 1 unspecified atom stereocenters. The second-order valence-corrected chi connectivity index (χ2v) is 5.70. The molecule has 1 aliphatic heterocycles. The summed E-state index contributed by atoms with van der Waals surface area (Å²) in [6.45, 7) is 1.89. The number of Topliss-reactive ketones (excluding diaryl/α,β-unsaturated/α-hetero) is 1. The summed E-state index contributed by atoms with van der Waals surface area (Å²) in [7, 11) is 3.05. The van der Waals surface area contributed by atoms with Crippen LogP contribution in [0.1, 0.15) is 6.92 Å². The predicted octanol–water partition coefficient (Wildman–Crippen LogP) is 3.14. The molecule has 0 saturated carbocycles. The van der Waals surface area contributed by atoms with Gasteiger partial charge in [-0.1, -0.05) is 30.8 Å². The SMILES string of the molecule is COC1=C(OC)C2=C(Sc3ccccc3N2)C(C)C1=O. The highest BCUT2D eigenvalue weighted by molar-refractivity contribution is 8.03. The van der Waals surface area contributed by atoms with Gasteiger partial charge in [0.1, 0.15) is 0 Å². The quantitative estimate of drug-likeness (QED) is 0.906. The molecule has 3 rings (SSSR count). The van der Waals surface area contributed by atoms with Crippen molar-refractivity contribution in [3.05, 3.63) is 46.4 Å². The molecule has 1 atom stereocenters. The van der Waals surface area contributed by atoms with E-state index >= 15 is 0 Å². The minimum atomic E-state index is -0.232. The molecule has 4 nitrogen and oxygen atoms in total. The van der Waals surface area contributed by atoms with Gasteiger partial charge < -0.3 is 14.8 Å². The summed E-state index contributed by atoms with van der Waals surface area (Å²) in [4.78, 5) is 14.4. The Labute approximate surface area is 121 Å². The number of hydrogen-bond acceptors (Lipinski definition) is 5. The number of rotatable bonds is 2. The summed E-state index contributed by atoms with van der Waals surface area (Å²) in [5, 5.41) is 3.36. The molecule has 1 aromatic carbocycles. The number of allylic oxidation sites excluding steroid dienone is 2. The second kappa shape index (κ2) is 4.90. The molecule has 0 aromatic heterocycles. The number of thioether (sulfide) groups is 1. The van der Waals surface area contributed by atoms with Crippen molar-refractivity contribution in [3.63, 3.8) is 0 Å². The van der Waals surface area contributed by atoms with Gasteiger partial charge in [-0.15, -0.1) is 0 Å². The smallest absolute Gasteiger partial charge is 0.209 e. The lowest BCUT2D eigenvalue weighted by Gasteiger charge is -2.31. The monoisotopic (exact) mass is 289 g/mol. The van der Waals surface area contributed by atoms with Gasteiger partial charge in [0.15, 0.2) is 5.76 Å². The molecule has 20 heavy (non-hydrogen) atoms. The maximum Gasteiger partial charge on any atom is 0.209 e. The molecule has 1 N–H and O–H groups in total. The first kappa shape index (κ1) is 13.1. The molecule has 0 fully saturated rings. The number of ketones is 1. The van der Waals surface area contributed by atoms with Crippen molar-refractivity contribution in [3.8, 4) is 0 Å². The van der Waals surface area contributed by atoms with Gasteiger partial charge in [-0.2, -0.15) is 0 Å². The number of hydrogen-bond donors (Lipinski definition) is 1. The van der Waals surface area contributed by atoms with Crippen LogP contribution in [0, 0.1) is 5.92 Å². The fraction of sp³-hybridized carbons (Fsp3) is 0.267. The summed E-state index contributed by atoms with van der Waals surface area (Å²) in [6.07, 6.45) is 0. The van der Waals surface area contributed by atoms with E-state index in [0.717, 1.165) is 21.2 Å². The highest BCUT2D eigenvalue weighted by Crippen LogP contribution is 2.47. The van der Waals surface area contributed by atoms with Crippen molar-refractivity contribution in [2.45, 2.75) is 11.8 Å². The van der Waals surface area contributed by atoms with E-state index < -0.39 is 0 Å². The molecule has 0 bridgehead atoms. The maximum atomic E-state index is 12.4. The van der Waals surface area contributed by atoms with Crippen LogP contribution in [0.5, 0.6) is 0 Å². The lowest BCUT2D eigenvalue weighted by atomic mass is 9.96. The number of nitrogens with one attached hydrogen (secondary N) is 1. The third-order valence-corrected chi connectivity index (χ3v) is 4.82. The van der Waals surface area contributed by atoms with Crippen LogP contribution < -0.4 is 5.32 Å². The van der Waals surface area contributed by atoms with Crippen LogP contribution in [0.3, 0.4) is 0 Å². The molecule has 1 aliphatic carbocycles. The van der Waals surface area contributed by atoms with E-state index in [1.807, 2.05) is 31.2 Å². The molecule has 0 radical (unpaired) electrons. The summed E-state index contributed by atoms with van der Waals surface area (Å²) in [6, 6.07) is 8.01.